The van der Waals surface area contributed by atoms with E-state index >= 15 is 0 Å². The molecule has 0 spiro atoms. The van der Waals surface area contributed by atoms with Crippen LogP contribution in [-0.4, -0.2) is 16.9 Å². The van der Waals surface area contributed by atoms with E-state index < -0.39 is 0 Å². The summed E-state index contributed by atoms with van der Waals surface area (Å²) in [4.78, 5) is 16.6. The molecule has 2 aromatic rings. The smallest absolute Gasteiger partial charge is 0.226 e. The fourth-order valence-corrected chi connectivity index (χ4v) is 3.65. The molecular formula is C17H22ClN3OS. The van der Waals surface area contributed by atoms with Crippen LogP contribution in [0.1, 0.15) is 31.2 Å². The van der Waals surface area contributed by atoms with Gasteiger partial charge in [0.1, 0.15) is 0 Å². The van der Waals surface area contributed by atoms with Crippen molar-refractivity contribution in [2.24, 2.45) is 11.7 Å². The van der Waals surface area contributed by atoms with Gasteiger partial charge in [0.25, 0.3) is 0 Å². The normalized spacial score (nSPS) is 20.1. The first-order valence-electron chi connectivity index (χ1n) is 7.70. The average Bonchev–Trinajstić information content (AvgIpc) is 3.10. The minimum absolute atomic E-state index is 0. The summed E-state index contributed by atoms with van der Waals surface area (Å²) in [5.41, 5.74) is 9.21. The third kappa shape index (κ3) is 4.53. The lowest BCUT2D eigenvalue weighted by Crippen LogP contribution is -2.28. The van der Waals surface area contributed by atoms with E-state index in [9.17, 15) is 4.79 Å². The number of carbonyl (C=O) groups excluding carboxylic acids is 1. The molecule has 4 nitrogen and oxygen atoms in total. The molecular weight excluding hydrogens is 330 g/mol. The third-order valence-corrected chi connectivity index (χ3v) is 5.02. The van der Waals surface area contributed by atoms with Crippen LogP contribution in [0.2, 0.25) is 0 Å². The second-order valence-corrected chi connectivity index (χ2v) is 6.87. The van der Waals surface area contributed by atoms with E-state index in [0.29, 0.717) is 17.5 Å². The standard InChI is InChI=1S/C17H21N3OS.ClH/c1-11-5-7-12(8-6-11)15-10-22-17(19-15)20-16(21)9-13-3-2-4-14(13)18;/h5-8,10,13-14H,2-4,9,18H2,1H3,(H,19,20,21);1H/t13-,14+;/m0./s1. The van der Waals surface area contributed by atoms with Crippen LogP contribution >= 0.6 is 23.7 Å². The summed E-state index contributed by atoms with van der Waals surface area (Å²) in [6, 6.07) is 8.40. The lowest BCUT2D eigenvalue weighted by Gasteiger charge is -2.13. The van der Waals surface area contributed by atoms with Gasteiger partial charge in [0.15, 0.2) is 5.13 Å². The van der Waals surface area contributed by atoms with Crippen LogP contribution in [0, 0.1) is 12.8 Å². The number of rotatable bonds is 4. The third-order valence-electron chi connectivity index (χ3n) is 4.26. The molecule has 1 amide bonds. The number of hydrogen-bond acceptors (Lipinski definition) is 4. The lowest BCUT2D eigenvalue weighted by atomic mass is 10.00. The molecule has 1 aliphatic carbocycles. The van der Waals surface area contributed by atoms with E-state index in [1.165, 1.54) is 16.9 Å². The highest BCUT2D eigenvalue weighted by Crippen LogP contribution is 2.28. The summed E-state index contributed by atoms with van der Waals surface area (Å²) in [6.45, 7) is 2.06. The number of nitrogens with zero attached hydrogens (tertiary/aromatic N) is 1. The molecule has 0 bridgehead atoms. The summed E-state index contributed by atoms with van der Waals surface area (Å²) in [5.74, 6) is 0.337. The van der Waals surface area contributed by atoms with Crippen LogP contribution in [0.25, 0.3) is 11.3 Å². The van der Waals surface area contributed by atoms with Crippen molar-refractivity contribution in [3.63, 3.8) is 0 Å². The number of thiazole rings is 1. The van der Waals surface area contributed by atoms with Gasteiger partial charge in [-0.15, -0.1) is 23.7 Å². The average molecular weight is 352 g/mol. The second-order valence-electron chi connectivity index (χ2n) is 6.01. The molecule has 1 fully saturated rings. The summed E-state index contributed by atoms with van der Waals surface area (Å²) in [6.07, 6.45) is 3.72. The van der Waals surface area contributed by atoms with Gasteiger partial charge < -0.3 is 11.1 Å². The molecule has 1 aromatic heterocycles. The Balaban J connectivity index is 0.00000192. The molecule has 6 heteroatoms. The highest BCUT2D eigenvalue weighted by molar-refractivity contribution is 7.14. The maximum atomic E-state index is 12.1. The summed E-state index contributed by atoms with van der Waals surface area (Å²) < 4.78 is 0. The van der Waals surface area contributed by atoms with Gasteiger partial charge in [-0.05, 0) is 25.7 Å². The van der Waals surface area contributed by atoms with Crippen LogP contribution < -0.4 is 11.1 Å². The Labute approximate surface area is 146 Å². The van der Waals surface area contributed by atoms with Crippen LogP contribution in [0.5, 0.6) is 0 Å². The lowest BCUT2D eigenvalue weighted by molar-refractivity contribution is -0.117. The van der Waals surface area contributed by atoms with Crippen molar-refractivity contribution in [2.45, 2.75) is 38.6 Å². The molecule has 124 valence electrons. The minimum atomic E-state index is 0. The molecule has 0 aliphatic heterocycles. The van der Waals surface area contributed by atoms with Crippen LogP contribution in [0.4, 0.5) is 5.13 Å². The molecule has 1 heterocycles. The molecule has 3 rings (SSSR count). The maximum Gasteiger partial charge on any atom is 0.226 e. The van der Waals surface area contributed by atoms with Crippen molar-refractivity contribution < 1.29 is 4.79 Å². The van der Waals surface area contributed by atoms with E-state index in [0.717, 1.165) is 30.5 Å². The first-order valence-corrected chi connectivity index (χ1v) is 8.58. The summed E-state index contributed by atoms with van der Waals surface area (Å²) in [7, 11) is 0. The number of nitrogens with two attached hydrogens (primary N) is 1. The summed E-state index contributed by atoms with van der Waals surface area (Å²) >= 11 is 1.46. The van der Waals surface area contributed by atoms with E-state index in [1.54, 1.807) is 0 Å². The van der Waals surface area contributed by atoms with E-state index in [4.69, 9.17) is 5.73 Å². The Hall–Kier alpha value is -1.43. The number of amides is 1. The van der Waals surface area contributed by atoms with Gasteiger partial charge in [-0.2, -0.15) is 0 Å². The van der Waals surface area contributed by atoms with Crippen molar-refractivity contribution >= 4 is 34.8 Å². The number of nitrogens with one attached hydrogen (secondary N) is 1. The quantitative estimate of drug-likeness (QED) is 0.874. The Morgan fingerprint density at radius 3 is 2.74 bits per heavy atom. The predicted octanol–water partition coefficient (Wildman–Crippen LogP) is 4.00. The van der Waals surface area contributed by atoms with Gasteiger partial charge in [-0.1, -0.05) is 36.2 Å². The minimum Gasteiger partial charge on any atom is -0.327 e. The number of carbonyl (C=O) groups is 1. The fourth-order valence-electron chi connectivity index (χ4n) is 2.92. The number of aromatic nitrogens is 1. The van der Waals surface area contributed by atoms with Gasteiger partial charge >= 0.3 is 0 Å². The van der Waals surface area contributed by atoms with Crippen molar-refractivity contribution in [1.82, 2.24) is 4.98 Å². The molecule has 2 atom stereocenters. The highest BCUT2D eigenvalue weighted by Gasteiger charge is 2.26. The van der Waals surface area contributed by atoms with Gasteiger partial charge in [-0.25, -0.2) is 4.98 Å². The number of aryl methyl sites for hydroxylation is 1. The molecule has 1 aromatic carbocycles. The Morgan fingerprint density at radius 1 is 1.35 bits per heavy atom. The van der Waals surface area contributed by atoms with Crippen LogP contribution in [-0.2, 0) is 4.79 Å². The number of halogens is 1. The zero-order valence-electron chi connectivity index (χ0n) is 13.1. The number of benzene rings is 1. The molecule has 0 unspecified atom stereocenters. The number of hydrogen-bond donors (Lipinski definition) is 2. The Morgan fingerprint density at radius 2 is 2.09 bits per heavy atom. The predicted molar refractivity (Wildman–Crippen MR) is 98.1 cm³/mol. The van der Waals surface area contributed by atoms with E-state index in [-0.39, 0.29) is 24.4 Å². The Kier molecular flexibility index (Phi) is 6.16. The van der Waals surface area contributed by atoms with Gasteiger partial charge in [0.05, 0.1) is 5.69 Å². The topological polar surface area (TPSA) is 68.0 Å². The molecule has 0 saturated heterocycles. The van der Waals surface area contributed by atoms with Crippen molar-refractivity contribution in [3.05, 3.63) is 35.2 Å². The maximum absolute atomic E-state index is 12.1. The second kappa shape index (κ2) is 7.90. The number of anilines is 1. The molecule has 23 heavy (non-hydrogen) atoms. The Bertz CT molecular complexity index is 656. The SMILES string of the molecule is Cc1ccc(-c2csc(NC(=O)C[C@@H]3CCC[C@H]3N)n2)cc1.Cl. The van der Waals surface area contributed by atoms with E-state index in [1.807, 2.05) is 17.5 Å². The van der Waals surface area contributed by atoms with Crippen LogP contribution in [0.3, 0.4) is 0 Å². The molecule has 3 N–H and O–H groups in total. The molecule has 0 radical (unpaired) electrons. The largest absolute Gasteiger partial charge is 0.327 e. The van der Waals surface area contributed by atoms with Gasteiger partial charge in [0.2, 0.25) is 5.91 Å². The van der Waals surface area contributed by atoms with Crippen molar-refractivity contribution in [3.8, 4) is 11.3 Å². The van der Waals surface area contributed by atoms with Gasteiger partial charge in [-0.3, -0.25) is 4.79 Å². The van der Waals surface area contributed by atoms with Crippen molar-refractivity contribution in [2.75, 3.05) is 5.32 Å². The van der Waals surface area contributed by atoms with E-state index in [2.05, 4.69) is 29.4 Å². The zero-order chi connectivity index (χ0) is 15.5. The molecule has 1 saturated carbocycles. The molecule has 1 aliphatic rings. The highest BCUT2D eigenvalue weighted by atomic mass is 35.5. The van der Waals surface area contributed by atoms with Gasteiger partial charge in [0, 0.05) is 23.4 Å². The van der Waals surface area contributed by atoms with Crippen LogP contribution in [0.15, 0.2) is 29.6 Å². The monoisotopic (exact) mass is 351 g/mol. The first-order chi connectivity index (χ1) is 10.6. The zero-order valence-corrected chi connectivity index (χ0v) is 14.8. The van der Waals surface area contributed by atoms with Crippen molar-refractivity contribution in [1.29, 1.82) is 0 Å². The fraction of sp³-hybridized carbons (Fsp3) is 0.412. The first kappa shape index (κ1) is 17.9. The summed E-state index contributed by atoms with van der Waals surface area (Å²) in [5, 5.41) is 5.54.